The van der Waals surface area contributed by atoms with Gasteiger partial charge in [0, 0.05) is 5.41 Å². The van der Waals surface area contributed by atoms with E-state index < -0.39 is 0 Å². The molecule has 57 heavy (non-hydrogen) atoms. The topological polar surface area (TPSA) is 0 Å². The third kappa shape index (κ3) is 10.9. The van der Waals surface area contributed by atoms with Crippen molar-refractivity contribution in [3.63, 3.8) is 0 Å². The highest BCUT2D eigenvalue weighted by Gasteiger charge is 2.41. The van der Waals surface area contributed by atoms with E-state index in [0.717, 1.165) is 70.6 Å². The second-order valence-electron chi connectivity index (χ2n) is 16.3. The molecule has 0 saturated heterocycles. The minimum atomic E-state index is -0.281. The molecule has 4 rings (SSSR count). The molecule has 2 aromatic carbocycles. The Morgan fingerprint density at radius 2 is 1.70 bits per heavy atom. The SMILES string of the molecule is C=C(CCC)C1=C(C2(CCC)C(=C\S)/C=C\C(C(\C=C/CC)=C\C/C=C/CC(C)(c3ccccc3CC(/C=C\C)=C/C)C(C)CC)=C/c3ccccc32)CCC=C1. The molecule has 0 N–H and O–H groups in total. The molecule has 302 valence electrons. The molecule has 2 aromatic rings. The molecule has 0 amide bonds. The maximum absolute atomic E-state index is 4.97. The molecule has 3 unspecified atom stereocenters. The molecule has 0 heterocycles. The molecule has 3 atom stereocenters. The first kappa shape index (κ1) is 45.6. The van der Waals surface area contributed by atoms with Crippen molar-refractivity contribution in [2.24, 2.45) is 5.92 Å². The van der Waals surface area contributed by atoms with Crippen LogP contribution in [0.4, 0.5) is 0 Å². The summed E-state index contributed by atoms with van der Waals surface area (Å²) in [5, 5.41) is 2.08. The van der Waals surface area contributed by atoms with Gasteiger partial charge in [0.05, 0.1) is 0 Å². The number of hydrogen-bond donors (Lipinski definition) is 1. The maximum Gasteiger partial charge on any atom is 0.0430 e. The Hall–Kier alpha value is -4.07. The molecular weight excluding hydrogens is 705 g/mol. The summed E-state index contributed by atoms with van der Waals surface area (Å²) >= 11 is 4.97. The highest BCUT2D eigenvalue weighted by molar-refractivity contribution is 7.83. The molecule has 0 nitrogen and oxygen atoms in total. The number of allylic oxidation sites excluding steroid dienone is 19. The van der Waals surface area contributed by atoms with Gasteiger partial charge in [-0.15, -0.1) is 0 Å². The quantitative estimate of drug-likeness (QED) is 0.0820. The zero-order chi connectivity index (χ0) is 41.3. The van der Waals surface area contributed by atoms with E-state index in [1.165, 1.54) is 61.3 Å². The standard InChI is InChI=1S/C56H72S/c1-10-16-28-46(29-18-17-25-39-55(9,44(8)14-5)52-33-22-19-30-48(52)40-45(15-6)27-12-3)47-36-37-50(42-57)56(38-13-4,53-34-23-20-31-49(53)41-47)54-35-24-21-32-51(54)43(7)26-11-2/h12,15-17,19-23,25,27-34,36-37,41-42,44,57H,7,10-11,13-14,18,24,26,35,38-40H2,1-6,8-9H3/b25-17+,27-12-,28-16-,37-36-,45-15+,46-29+,47-41+,50-42-. The van der Waals surface area contributed by atoms with Crippen LogP contribution in [-0.2, 0) is 17.3 Å². The average molecular weight is 777 g/mol. The summed E-state index contributed by atoms with van der Waals surface area (Å²) in [5.41, 5.74) is 14.5. The smallest absolute Gasteiger partial charge is 0.0430 e. The second-order valence-corrected chi connectivity index (χ2v) is 16.5. The van der Waals surface area contributed by atoms with E-state index in [9.17, 15) is 0 Å². The molecule has 0 spiro atoms. The van der Waals surface area contributed by atoms with Gasteiger partial charge in [-0.1, -0.05) is 189 Å². The molecular formula is C56H72S. The van der Waals surface area contributed by atoms with Gasteiger partial charge in [-0.2, -0.15) is 12.6 Å². The van der Waals surface area contributed by atoms with Crippen LogP contribution in [0.3, 0.4) is 0 Å². The van der Waals surface area contributed by atoms with Crippen LogP contribution >= 0.6 is 12.6 Å². The van der Waals surface area contributed by atoms with E-state index in [-0.39, 0.29) is 10.8 Å². The van der Waals surface area contributed by atoms with Gasteiger partial charge in [-0.25, -0.2) is 0 Å². The molecule has 0 radical (unpaired) electrons. The fourth-order valence-electron chi connectivity index (χ4n) is 9.15. The minimum absolute atomic E-state index is 0.0344. The first-order chi connectivity index (χ1) is 27.7. The summed E-state index contributed by atoms with van der Waals surface area (Å²) in [7, 11) is 0. The lowest BCUT2D eigenvalue weighted by atomic mass is 9.61. The molecule has 0 fully saturated rings. The first-order valence-electron chi connectivity index (χ1n) is 22.0. The van der Waals surface area contributed by atoms with Gasteiger partial charge in [0.2, 0.25) is 0 Å². The van der Waals surface area contributed by atoms with Crippen LogP contribution in [0.2, 0.25) is 0 Å². The Balaban J connectivity index is 1.77. The van der Waals surface area contributed by atoms with Crippen LogP contribution in [0, 0.1) is 5.92 Å². The fraction of sp³-hybridized carbons (Fsp3) is 0.393. The fourth-order valence-corrected chi connectivity index (χ4v) is 9.46. The summed E-state index contributed by atoms with van der Waals surface area (Å²) in [5.74, 6) is 0.540. The lowest BCUT2D eigenvalue weighted by molar-refractivity contribution is 0.306. The molecule has 2 aliphatic carbocycles. The van der Waals surface area contributed by atoms with Crippen molar-refractivity contribution in [2.45, 2.75) is 137 Å². The van der Waals surface area contributed by atoms with Crippen molar-refractivity contribution in [1.82, 2.24) is 0 Å². The normalized spacial score (nSPS) is 21.8. The molecule has 0 saturated carbocycles. The summed E-state index contributed by atoms with van der Waals surface area (Å²) in [6.07, 6.45) is 41.6. The Bertz CT molecular complexity index is 1980. The van der Waals surface area contributed by atoms with Gasteiger partial charge in [-0.3, -0.25) is 0 Å². The molecule has 0 aliphatic heterocycles. The van der Waals surface area contributed by atoms with Crippen molar-refractivity contribution in [2.75, 3.05) is 0 Å². The predicted molar refractivity (Wildman–Crippen MR) is 258 cm³/mol. The maximum atomic E-state index is 4.97. The Kier molecular flexibility index (Phi) is 18.2. The van der Waals surface area contributed by atoms with Crippen LogP contribution in [-0.4, -0.2) is 0 Å². The number of rotatable bonds is 19. The van der Waals surface area contributed by atoms with Gasteiger partial charge in [0.15, 0.2) is 0 Å². The van der Waals surface area contributed by atoms with Crippen molar-refractivity contribution in [1.29, 1.82) is 0 Å². The van der Waals surface area contributed by atoms with Gasteiger partial charge in [0.25, 0.3) is 0 Å². The Morgan fingerprint density at radius 1 is 0.930 bits per heavy atom. The van der Waals surface area contributed by atoms with E-state index in [0.29, 0.717) is 5.92 Å². The van der Waals surface area contributed by atoms with Crippen LogP contribution in [0.15, 0.2) is 172 Å². The lowest BCUT2D eigenvalue weighted by Crippen LogP contribution is -2.34. The summed E-state index contributed by atoms with van der Waals surface area (Å²) < 4.78 is 0. The summed E-state index contributed by atoms with van der Waals surface area (Å²) in [6, 6.07) is 18.3. The van der Waals surface area contributed by atoms with E-state index in [2.05, 4.69) is 195 Å². The minimum Gasteiger partial charge on any atom is -0.151 e. The monoisotopic (exact) mass is 777 g/mol. The predicted octanol–water partition coefficient (Wildman–Crippen LogP) is 16.8. The molecule has 1 heteroatoms. The zero-order valence-corrected chi connectivity index (χ0v) is 37.6. The third-order valence-electron chi connectivity index (χ3n) is 12.6. The first-order valence-corrected chi connectivity index (χ1v) is 22.5. The number of fused-ring (bicyclic) bond motifs is 1. The van der Waals surface area contributed by atoms with Crippen molar-refractivity contribution in [3.8, 4) is 0 Å². The van der Waals surface area contributed by atoms with Gasteiger partial charge < -0.3 is 0 Å². The molecule has 2 aliphatic rings. The van der Waals surface area contributed by atoms with Crippen LogP contribution < -0.4 is 0 Å². The number of thiol groups is 1. The van der Waals surface area contributed by atoms with E-state index in [1.807, 2.05) is 0 Å². The average Bonchev–Trinajstić information content (AvgIpc) is 3.23. The number of benzene rings is 2. The zero-order valence-electron chi connectivity index (χ0n) is 36.7. The van der Waals surface area contributed by atoms with Gasteiger partial charge in [-0.05, 0) is 149 Å². The van der Waals surface area contributed by atoms with Crippen LogP contribution in [0.1, 0.15) is 142 Å². The molecule has 0 bridgehead atoms. The Morgan fingerprint density at radius 3 is 2.40 bits per heavy atom. The lowest BCUT2D eigenvalue weighted by Gasteiger charge is -2.42. The van der Waals surface area contributed by atoms with Crippen LogP contribution in [0.25, 0.3) is 6.08 Å². The van der Waals surface area contributed by atoms with E-state index in [1.54, 1.807) is 0 Å². The van der Waals surface area contributed by atoms with Crippen LogP contribution in [0.5, 0.6) is 0 Å². The highest BCUT2D eigenvalue weighted by atomic mass is 32.1. The summed E-state index contributed by atoms with van der Waals surface area (Å²) in [6.45, 7) is 22.9. The van der Waals surface area contributed by atoms with Gasteiger partial charge in [0.1, 0.15) is 0 Å². The van der Waals surface area contributed by atoms with E-state index >= 15 is 0 Å². The number of hydrogen-bond acceptors (Lipinski definition) is 1. The van der Waals surface area contributed by atoms with Gasteiger partial charge >= 0.3 is 0 Å². The largest absolute Gasteiger partial charge is 0.151 e. The third-order valence-corrected chi connectivity index (χ3v) is 12.9. The molecule has 0 aromatic heterocycles. The van der Waals surface area contributed by atoms with Crippen molar-refractivity contribution < 1.29 is 0 Å². The highest BCUT2D eigenvalue weighted by Crippen LogP contribution is 2.52. The van der Waals surface area contributed by atoms with Crippen molar-refractivity contribution >= 4 is 18.7 Å². The van der Waals surface area contributed by atoms with Crippen molar-refractivity contribution in [3.05, 3.63) is 195 Å². The Labute approximate surface area is 354 Å². The summed E-state index contributed by atoms with van der Waals surface area (Å²) in [4.78, 5) is 0. The van der Waals surface area contributed by atoms with E-state index in [4.69, 9.17) is 12.6 Å². The second kappa shape index (κ2) is 22.8.